The Morgan fingerprint density at radius 2 is 1.04 bits per heavy atom. The van der Waals surface area contributed by atoms with E-state index in [1.807, 2.05) is 54.6 Å². The van der Waals surface area contributed by atoms with Gasteiger partial charge in [0.1, 0.15) is 18.1 Å². The van der Waals surface area contributed by atoms with Gasteiger partial charge in [-0.3, -0.25) is 48.3 Å². The highest BCUT2D eigenvalue weighted by molar-refractivity contribution is 5.98. The summed E-state index contributed by atoms with van der Waals surface area (Å²) in [6.45, 7) is 2.08. The third-order valence-corrected chi connectivity index (χ3v) is 17.0. The number of ketones is 4. The number of fused-ring (bicyclic) bond motifs is 1. The first-order valence-electron chi connectivity index (χ1n) is 32.7. The van der Waals surface area contributed by atoms with Crippen LogP contribution in [0.3, 0.4) is 0 Å². The fraction of sp³-hybridized carbons (Fsp3) is 0.431. The molecule has 23 nitrogen and oxygen atoms in total. The number of para-hydroxylation sites is 1. The number of carbonyl (C=O) groups excluding carboxylic acids is 9. The minimum atomic E-state index is -1.42. The molecule has 0 aliphatic heterocycles. The number of aliphatic imine (C=N–C) groups is 1. The number of aromatic amines is 1. The Labute approximate surface area is 555 Å². The van der Waals surface area contributed by atoms with Crippen molar-refractivity contribution < 1.29 is 53.4 Å². The molecule has 0 saturated heterocycles. The Bertz CT molecular complexity index is 3460. The number of hydrogen-bond acceptors (Lipinski definition) is 16. The minimum Gasteiger partial charge on any atom is -0.508 e. The van der Waals surface area contributed by atoms with E-state index in [4.69, 9.17) is 28.7 Å². The molecule has 2 aromatic heterocycles. The lowest BCUT2D eigenvalue weighted by atomic mass is 9.87. The molecule has 0 aliphatic carbocycles. The molecule has 0 radical (unpaired) electrons. The molecule has 2 heterocycles. The number of pyridine rings is 1. The second-order valence-electron chi connectivity index (χ2n) is 24.6. The maximum Gasteiger partial charge on any atom is 0.237 e. The summed E-state index contributed by atoms with van der Waals surface area (Å²) in [5.41, 5.74) is 33.6. The fourth-order valence-corrected chi connectivity index (χ4v) is 11.7. The Kier molecular flexibility index (Phi) is 31.0. The van der Waals surface area contributed by atoms with Crippen LogP contribution in [0.2, 0.25) is 0 Å². The number of rotatable bonds is 44. The zero-order valence-corrected chi connectivity index (χ0v) is 54.1. The third kappa shape index (κ3) is 25.2. The number of phenolic OH excluding ortho intramolecular Hbond substituents is 1. The number of unbranched alkanes of at least 4 members (excludes halogenated alkanes) is 2. The van der Waals surface area contributed by atoms with Crippen molar-refractivity contribution >= 4 is 69.9 Å². The Morgan fingerprint density at radius 3 is 1.64 bits per heavy atom. The number of nitrogens with one attached hydrogen (secondary N) is 5. The van der Waals surface area contributed by atoms with Crippen molar-refractivity contribution in [2.75, 3.05) is 19.6 Å². The van der Waals surface area contributed by atoms with Crippen molar-refractivity contribution in [3.63, 3.8) is 0 Å². The van der Waals surface area contributed by atoms with E-state index in [1.54, 1.807) is 73.2 Å². The van der Waals surface area contributed by atoms with E-state index in [0.717, 1.165) is 16.5 Å². The monoisotopic (exact) mass is 1300 g/mol. The Balaban J connectivity index is 1.29. The number of phenols is 1. The number of nitrogens with zero attached hydrogens (tertiary/aromatic N) is 2. The van der Waals surface area contributed by atoms with Gasteiger partial charge in [0.25, 0.3) is 0 Å². The van der Waals surface area contributed by atoms with E-state index in [-0.39, 0.29) is 95.4 Å². The molecule has 23 heteroatoms. The lowest BCUT2D eigenvalue weighted by Gasteiger charge is -2.27. The molecule has 95 heavy (non-hydrogen) atoms. The van der Waals surface area contributed by atoms with Gasteiger partial charge in [0.2, 0.25) is 23.6 Å². The van der Waals surface area contributed by atoms with Crippen LogP contribution < -0.4 is 49.9 Å². The van der Waals surface area contributed by atoms with Gasteiger partial charge in [-0.05, 0) is 149 Å². The normalized spacial score (nSPS) is 14.5. The molecular formula is C72H94N12O11. The molecule has 0 spiro atoms. The van der Waals surface area contributed by atoms with Crippen LogP contribution in [0.25, 0.3) is 10.9 Å². The first-order chi connectivity index (χ1) is 45.7. The van der Waals surface area contributed by atoms with Crippen molar-refractivity contribution in [2.45, 2.75) is 152 Å². The van der Waals surface area contributed by atoms with Crippen LogP contribution in [-0.4, -0.2) is 135 Å². The van der Waals surface area contributed by atoms with Crippen molar-refractivity contribution in [1.82, 2.24) is 31.2 Å². The molecule has 0 unspecified atom stereocenters. The molecule has 508 valence electrons. The van der Waals surface area contributed by atoms with Gasteiger partial charge in [0, 0.05) is 91.8 Å². The van der Waals surface area contributed by atoms with Crippen LogP contribution in [0, 0.1) is 23.7 Å². The summed E-state index contributed by atoms with van der Waals surface area (Å²) >= 11 is 0. The summed E-state index contributed by atoms with van der Waals surface area (Å²) in [4.78, 5) is 141. The number of aromatic hydroxyl groups is 1. The van der Waals surface area contributed by atoms with E-state index >= 15 is 14.4 Å². The predicted octanol–water partition coefficient (Wildman–Crippen LogP) is 4.24. The largest absolute Gasteiger partial charge is 0.508 e. The van der Waals surface area contributed by atoms with E-state index in [2.05, 4.69) is 36.2 Å². The van der Waals surface area contributed by atoms with Gasteiger partial charge >= 0.3 is 0 Å². The van der Waals surface area contributed by atoms with Gasteiger partial charge in [-0.2, -0.15) is 0 Å². The molecule has 0 fully saturated rings. The quantitative estimate of drug-likeness (QED) is 0.0110. The Morgan fingerprint density at radius 1 is 0.537 bits per heavy atom. The van der Waals surface area contributed by atoms with Crippen LogP contribution in [0.4, 0.5) is 0 Å². The predicted molar refractivity (Wildman–Crippen MR) is 364 cm³/mol. The molecule has 6 aromatic rings. The molecule has 4 aromatic carbocycles. The number of aliphatic hydroxyl groups is 1. The van der Waals surface area contributed by atoms with E-state index in [0.29, 0.717) is 60.8 Å². The minimum absolute atomic E-state index is 0.0208. The molecule has 10 atom stereocenters. The fourth-order valence-electron chi connectivity index (χ4n) is 11.7. The van der Waals surface area contributed by atoms with Crippen molar-refractivity contribution in [2.24, 2.45) is 57.3 Å². The number of amides is 4. The average molecular weight is 1300 g/mol. The van der Waals surface area contributed by atoms with Gasteiger partial charge in [-0.1, -0.05) is 97.4 Å². The topological polar surface area (TPSA) is 413 Å². The number of aromatic nitrogens is 2. The molecule has 17 N–H and O–H groups in total. The van der Waals surface area contributed by atoms with Crippen LogP contribution in [0.1, 0.15) is 112 Å². The van der Waals surface area contributed by atoms with E-state index < -0.39 is 120 Å². The number of H-pyrrole nitrogens is 1. The van der Waals surface area contributed by atoms with Crippen LogP contribution >= 0.6 is 0 Å². The highest BCUT2D eigenvalue weighted by Crippen LogP contribution is 2.25. The summed E-state index contributed by atoms with van der Waals surface area (Å²) in [7, 11) is 0. The second kappa shape index (κ2) is 39.4. The van der Waals surface area contributed by atoms with Crippen molar-refractivity contribution in [1.29, 1.82) is 0 Å². The van der Waals surface area contributed by atoms with Crippen molar-refractivity contribution in [3.05, 3.63) is 168 Å². The lowest BCUT2D eigenvalue weighted by Crippen LogP contribution is -2.51. The number of guanidine groups is 1. The number of nitrogens with two attached hydrogens (primary N) is 5. The Hall–Kier alpha value is -9.29. The first kappa shape index (κ1) is 74.7. The number of hydrogen-bond donors (Lipinski definition) is 12. The highest BCUT2D eigenvalue weighted by Gasteiger charge is 2.37. The number of benzene rings is 4. The smallest absolute Gasteiger partial charge is 0.237 e. The summed E-state index contributed by atoms with van der Waals surface area (Å²) in [5.74, 6) is -8.95. The van der Waals surface area contributed by atoms with Crippen LogP contribution in [-0.2, 0) is 75.3 Å². The number of carbonyl (C=O) groups is 9. The molecule has 6 rings (SSSR count). The number of Topliss-reactive ketones (excluding diaryl/α,β-unsaturated/α-hetero) is 4. The van der Waals surface area contributed by atoms with Crippen LogP contribution in [0.5, 0.6) is 5.75 Å². The average Bonchev–Trinajstić information content (AvgIpc) is 1.77. The number of aldehydes is 1. The molecule has 0 bridgehead atoms. The molecule has 0 saturated carbocycles. The summed E-state index contributed by atoms with van der Waals surface area (Å²) < 4.78 is 0. The SMILES string of the molecule is C[C@@H](O)[C@H](NC(=O)[C@H](CCCCN)CC(=O)[C@@H](Cc1c[nH]c2ccccc12)NC(=O)[C@@H](CC(=O)[C@H](Cc1ccccc1)NC(=O)[C@H](CCCN=C(N)N)CC(=O)[C@@H](CCCCN)NC(=O)[C@@H](N)Cc1ccc(O)cc1)Cc1ccncc1)C(=O)C[C@H](C=O)Cc1ccccc1. The standard InChI is InChI=1S/C72H94N12O11/c1-46(86)67(66(91)39-51(45-85)35-47-15-4-2-5-16-47)84-69(93)52(19-10-12-30-73)42-64(89)62(40-55-44-80-59-22-9-8-21-57(55)59)83-70(94)54(36-50-28-33-78-34-29-50)43-65(90)61(38-48-17-6-3-7-18-48)82-68(92)53(20-14-32-79-72(76)77)41-63(88)60(23-11-13-31-74)81-71(95)58(75)37-49-24-26-56(87)27-25-49/h2-9,15-18,21-22,24-29,33-34,44-46,51-54,58,60-62,67,80,86-87H,10-14,19-20,23,30-32,35-43,73-75H2,1H3,(H,81,95)(H,82,92)(H,83,94)(H,84,93)(H4,76,77,79)/t46-,51-,52-,53-,54-,58+,60-,61+,62-,67+/m1/s1. The van der Waals surface area contributed by atoms with Crippen molar-refractivity contribution in [3.8, 4) is 5.75 Å². The summed E-state index contributed by atoms with van der Waals surface area (Å²) in [6, 6.07) is 29.0. The van der Waals surface area contributed by atoms with Crippen LogP contribution in [0.15, 0.2) is 145 Å². The third-order valence-electron chi connectivity index (χ3n) is 17.0. The maximum atomic E-state index is 15.3. The van der Waals surface area contributed by atoms with Gasteiger partial charge in [-0.25, -0.2) is 0 Å². The molecule has 4 amide bonds. The molecular weight excluding hydrogens is 1210 g/mol. The second-order valence-corrected chi connectivity index (χ2v) is 24.6. The van der Waals surface area contributed by atoms with Gasteiger partial charge in [0.15, 0.2) is 29.1 Å². The lowest BCUT2D eigenvalue weighted by molar-refractivity contribution is -0.136. The van der Waals surface area contributed by atoms with E-state index in [1.165, 1.54) is 19.1 Å². The summed E-state index contributed by atoms with van der Waals surface area (Å²) in [6.07, 6.45) is 5.47. The van der Waals surface area contributed by atoms with E-state index in [9.17, 15) is 39.0 Å². The maximum absolute atomic E-state index is 15.3. The first-order valence-corrected chi connectivity index (χ1v) is 32.7. The summed E-state index contributed by atoms with van der Waals surface area (Å²) in [5, 5.41) is 33.0. The van der Waals surface area contributed by atoms with Gasteiger partial charge in [-0.15, -0.1) is 0 Å². The van der Waals surface area contributed by atoms with Gasteiger partial charge < -0.3 is 69.9 Å². The highest BCUT2D eigenvalue weighted by atomic mass is 16.3. The van der Waals surface area contributed by atoms with Gasteiger partial charge in [0.05, 0.1) is 30.3 Å². The zero-order chi connectivity index (χ0) is 68.7. The zero-order valence-electron chi connectivity index (χ0n) is 54.1. The molecule has 0 aliphatic rings. The number of aliphatic hydroxyl groups excluding tert-OH is 1.